The van der Waals surface area contributed by atoms with E-state index in [4.69, 9.17) is 0 Å². The molecule has 3 atom stereocenters. The van der Waals surface area contributed by atoms with E-state index in [-0.39, 0.29) is 6.04 Å². The van der Waals surface area contributed by atoms with Crippen LogP contribution in [-0.4, -0.2) is 36.0 Å². The minimum atomic E-state index is 0.0102. The predicted molar refractivity (Wildman–Crippen MR) is 81.5 cm³/mol. The van der Waals surface area contributed by atoms with Crippen molar-refractivity contribution in [1.82, 2.24) is 10.2 Å². The fourth-order valence-electron chi connectivity index (χ4n) is 4.19. The Morgan fingerprint density at radius 2 is 1.75 bits per heavy atom. The van der Waals surface area contributed by atoms with Crippen LogP contribution >= 0.6 is 0 Å². The maximum absolute atomic E-state index is 12.5. The van der Waals surface area contributed by atoms with Crippen LogP contribution in [0.2, 0.25) is 0 Å². The Morgan fingerprint density at radius 1 is 1.00 bits per heavy atom. The van der Waals surface area contributed by atoms with Crippen molar-refractivity contribution < 1.29 is 4.79 Å². The van der Waals surface area contributed by atoms with E-state index in [1.807, 2.05) is 0 Å². The molecule has 3 unspecified atom stereocenters. The third kappa shape index (κ3) is 3.55. The molecule has 2 saturated carbocycles. The molecule has 1 amide bonds. The molecule has 20 heavy (non-hydrogen) atoms. The van der Waals surface area contributed by atoms with Crippen LogP contribution in [-0.2, 0) is 4.79 Å². The highest BCUT2D eigenvalue weighted by atomic mass is 16.2. The highest BCUT2D eigenvalue weighted by Crippen LogP contribution is 2.43. The Hall–Kier alpha value is -0.570. The molecule has 3 nitrogen and oxygen atoms in total. The van der Waals surface area contributed by atoms with Gasteiger partial charge in [0.1, 0.15) is 0 Å². The zero-order chi connectivity index (χ0) is 13.9. The first kappa shape index (κ1) is 14.4. The number of likely N-dealkylation sites (tertiary alicyclic amines) is 1. The van der Waals surface area contributed by atoms with Crippen molar-refractivity contribution in [3.63, 3.8) is 0 Å². The van der Waals surface area contributed by atoms with E-state index < -0.39 is 0 Å². The monoisotopic (exact) mass is 278 g/mol. The molecule has 0 aromatic rings. The molecule has 3 rings (SSSR count). The van der Waals surface area contributed by atoms with Crippen LogP contribution in [0.15, 0.2) is 0 Å². The van der Waals surface area contributed by atoms with E-state index in [1.165, 1.54) is 57.8 Å². The second-order valence-corrected chi connectivity index (χ2v) is 7.24. The fourth-order valence-corrected chi connectivity index (χ4v) is 4.19. The number of hydrogen-bond acceptors (Lipinski definition) is 2. The summed E-state index contributed by atoms with van der Waals surface area (Å²) in [6.45, 7) is 4.01. The van der Waals surface area contributed by atoms with E-state index in [2.05, 4.69) is 17.1 Å². The van der Waals surface area contributed by atoms with Gasteiger partial charge in [0.2, 0.25) is 5.91 Å². The average Bonchev–Trinajstić information content (AvgIpc) is 3.32. The topological polar surface area (TPSA) is 32.3 Å². The van der Waals surface area contributed by atoms with Crippen LogP contribution in [0, 0.1) is 11.8 Å². The summed E-state index contributed by atoms with van der Waals surface area (Å²) in [5.41, 5.74) is 0. The molecule has 0 bridgehead atoms. The van der Waals surface area contributed by atoms with Gasteiger partial charge in [-0.15, -0.1) is 0 Å². The molecular weight excluding hydrogens is 248 g/mol. The van der Waals surface area contributed by atoms with Crippen LogP contribution < -0.4 is 5.32 Å². The number of carbonyl (C=O) groups excluding carboxylic acids is 1. The Balaban J connectivity index is 1.47. The second kappa shape index (κ2) is 6.46. The summed E-state index contributed by atoms with van der Waals surface area (Å²) in [7, 11) is 0. The highest BCUT2D eigenvalue weighted by Gasteiger charge is 2.35. The molecule has 2 aliphatic carbocycles. The molecule has 3 fully saturated rings. The first-order valence-electron chi connectivity index (χ1n) is 8.79. The van der Waals surface area contributed by atoms with E-state index >= 15 is 0 Å². The summed E-state index contributed by atoms with van der Waals surface area (Å²) in [6.07, 6.45) is 11.9. The Bertz CT molecular complexity index is 334. The molecule has 0 aromatic carbocycles. The van der Waals surface area contributed by atoms with Crippen molar-refractivity contribution in [2.75, 3.05) is 13.1 Å². The average molecular weight is 278 g/mol. The van der Waals surface area contributed by atoms with Gasteiger partial charge >= 0.3 is 0 Å². The molecule has 114 valence electrons. The summed E-state index contributed by atoms with van der Waals surface area (Å²) in [5.74, 6) is 2.30. The quantitative estimate of drug-likeness (QED) is 0.857. The van der Waals surface area contributed by atoms with Crippen molar-refractivity contribution in [3.05, 3.63) is 0 Å². The number of nitrogens with one attached hydrogen (secondary N) is 1. The third-order valence-electron chi connectivity index (χ3n) is 5.53. The van der Waals surface area contributed by atoms with Gasteiger partial charge in [0.15, 0.2) is 0 Å². The summed E-state index contributed by atoms with van der Waals surface area (Å²) in [4.78, 5) is 14.5. The maximum atomic E-state index is 12.5. The fraction of sp³-hybridized carbons (Fsp3) is 0.941. The third-order valence-corrected chi connectivity index (χ3v) is 5.53. The SMILES string of the molecule is CC(NC1CCCC(C2CC2)C1)C(=O)N1CCCCC1. The maximum Gasteiger partial charge on any atom is 0.239 e. The van der Waals surface area contributed by atoms with Gasteiger partial charge < -0.3 is 10.2 Å². The molecule has 0 aromatic heterocycles. The normalized spacial score (nSPS) is 33.0. The van der Waals surface area contributed by atoms with Crippen molar-refractivity contribution in [2.24, 2.45) is 11.8 Å². The zero-order valence-electron chi connectivity index (χ0n) is 12.9. The van der Waals surface area contributed by atoms with Gasteiger partial charge in [0.25, 0.3) is 0 Å². The lowest BCUT2D eigenvalue weighted by Gasteiger charge is -2.34. The minimum Gasteiger partial charge on any atom is -0.341 e. The lowest BCUT2D eigenvalue weighted by atomic mass is 9.82. The Labute approximate surface area is 123 Å². The molecule has 3 heteroatoms. The number of amides is 1. The second-order valence-electron chi connectivity index (χ2n) is 7.24. The Kier molecular flexibility index (Phi) is 4.65. The van der Waals surface area contributed by atoms with Gasteiger partial charge in [-0.05, 0) is 63.7 Å². The largest absolute Gasteiger partial charge is 0.341 e. The standard InChI is InChI=1S/C17H30N2O/c1-13(17(20)19-10-3-2-4-11-19)18-16-7-5-6-15(12-16)14-8-9-14/h13-16,18H,2-12H2,1H3. The smallest absolute Gasteiger partial charge is 0.239 e. The van der Waals surface area contributed by atoms with Crippen molar-refractivity contribution in [1.29, 1.82) is 0 Å². The summed E-state index contributed by atoms with van der Waals surface area (Å²) >= 11 is 0. The molecule has 1 aliphatic heterocycles. The van der Waals surface area contributed by atoms with Gasteiger partial charge in [0.05, 0.1) is 6.04 Å². The lowest BCUT2D eigenvalue weighted by molar-refractivity contribution is -0.134. The number of rotatable bonds is 4. The van der Waals surface area contributed by atoms with Crippen LogP contribution in [0.1, 0.15) is 64.7 Å². The van der Waals surface area contributed by atoms with Gasteiger partial charge in [-0.3, -0.25) is 4.79 Å². The summed E-state index contributed by atoms with van der Waals surface area (Å²) in [5, 5.41) is 3.64. The van der Waals surface area contributed by atoms with Gasteiger partial charge in [-0.1, -0.05) is 12.8 Å². The Morgan fingerprint density at radius 3 is 2.45 bits per heavy atom. The van der Waals surface area contributed by atoms with Crippen molar-refractivity contribution >= 4 is 5.91 Å². The van der Waals surface area contributed by atoms with Crippen molar-refractivity contribution in [3.8, 4) is 0 Å². The van der Waals surface area contributed by atoms with Crippen LogP contribution in [0.5, 0.6) is 0 Å². The van der Waals surface area contributed by atoms with E-state index in [1.54, 1.807) is 0 Å². The summed E-state index contributed by atoms with van der Waals surface area (Å²) in [6, 6.07) is 0.592. The molecule has 3 aliphatic rings. The van der Waals surface area contributed by atoms with Gasteiger partial charge in [-0.2, -0.15) is 0 Å². The van der Waals surface area contributed by atoms with Crippen LogP contribution in [0.25, 0.3) is 0 Å². The molecule has 0 spiro atoms. The minimum absolute atomic E-state index is 0.0102. The zero-order valence-corrected chi connectivity index (χ0v) is 12.9. The number of nitrogens with zero attached hydrogens (tertiary/aromatic N) is 1. The molecule has 1 heterocycles. The molecular formula is C17H30N2O. The number of hydrogen-bond donors (Lipinski definition) is 1. The first-order valence-corrected chi connectivity index (χ1v) is 8.79. The highest BCUT2D eigenvalue weighted by molar-refractivity contribution is 5.81. The molecule has 1 saturated heterocycles. The molecule has 0 radical (unpaired) electrons. The summed E-state index contributed by atoms with van der Waals surface area (Å²) < 4.78 is 0. The van der Waals surface area contributed by atoms with Gasteiger partial charge in [-0.25, -0.2) is 0 Å². The molecule has 1 N–H and O–H groups in total. The van der Waals surface area contributed by atoms with E-state index in [9.17, 15) is 4.79 Å². The van der Waals surface area contributed by atoms with E-state index in [0.29, 0.717) is 11.9 Å². The van der Waals surface area contributed by atoms with Crippen molar-refractivity contribution in [2.45, 2.75) is 76.8 Å². The first-order chi connectivity index (χ1) is 9.74. The van der Waals surface area contributed by atoms with E-state index in [0.717, 1.165) is 24.9 Å². The number of piperidine rings is 1. The number of carbonyl (C=O) groups is 1. The van der Waals surface area contributed by atoms with Crippen LogP contribution in [0.4, 0.5) is 0 Å². The van der Waals surface area contributed by atoms with Crippen LogP contribution in [0.3, 0.4) is 0 Å². The predicted octanol–water partition coefficient (Wildman–Crippen LogP) is 2.95. The lowest BCUT2D eigenvalue weighted by Crippen LogP contribution is -2.50. The van der Waals surface area contributed by atoms with Gasteiger partial charge in [0, 0.05) is 19.1 Å².